The van der Waals surface area contributed by atoms with Crippen LogP contribution in [0.2, 0.25) is 0 Å². The average molecular weight is 190 g/mol. The van der Waals surface area contributed by atoms with Crippen LogP contribution < -0.4 is 4.90 Å². The van der Waals surface area contributed by atoms with Crippen LogP contribution >= 0.6 is 0 Å². The van der Waals surface area contributed by atoms with Gasteiger partial charge in [-0.05, 0) is 18.6 Å². The van der Waals surface area contributed by atoms with Gasteiger partial charge in [0.25, 0.3) is 0 Å². The van der Waals surface area contributed by atoms with E-state index in [0.29, 0.717) is 0 Å². The number of anilines is 1. The maximum Gasteiger partial charge on any atom is 0.0363 e. The van der Waals surface area contributed by atoms with Crippen molar-refractivity contribution in [2.45, 2.75) is 25.7 Å². The van der Waals surface area contributed by atoms with E-state index in [9.17, 15) is 0 Å². The first-order valence-corrected chi connectivity index (χ1v) is 5.40. The number of para-hydroxylation sites is 1. The second kappa shape index (κ2) is 6.47. The van der Waals surface area contributed by atoms with Crippen molar-refractivity contribution < 1.29 is 0 Å². The van der Waals surface area contributed by atoms with Gasteiger partial charge in [-0.2, -0.15) is 0 Å². The maximum absolute atomic E-state index is 3.85. The molecule has 0 fully saturated rings. The van der Waals surface area contributed by atoms with Gasteiger partial charge in [0, 0.05) is 19.3 Å². The molecule has 0 heterocycles. The standard InChI is InChI=1S/C13H20N/c1-3-4-5-9-12-14(2)13-10-7-6-8-11-13/h6-8,10-11H,1,3-5,9,12H2,2H3. The lowest BCUT2D eigenvalue weighted by Crippen LogP contribution is -2.18. The quantitative estimate of drug-likeness (QED) is 0.620. The van der Waals surface area contributed by atoms with E-state index in [4.69, 9.17) is 0 Å². The van der Waals surface area contributed by atoms with Gasteiger partial charge in [0.05, 0.1) is 0 Å². The van der Waals surface area contributed by atoms with Crippen LogP contribution in [0, 0.1) is 6.92 Å². The molecule has 0 aromatic heterocycles. The van der Waals surface area contributed by atoms with Crippen molar-refractivity contribution in [2.24, 2.45) is 0 Å². The highest BCUT2D eigenvalue weighted by Gasteiger charge is 1.98. The molecule has 0 aliphatic rings. The zero-order valence-corrected chi connectivity index (χ0v) is 9.08. The van der Waals surface area contributed by atoms with Gasteiger partial charge in [-0.3, -0.25) is 0 Å². The van der Waals surface area contributed by atoms with Crippen molar-refractivity contribution in [1.29, 1.82) is 0 Å². The fourth-order valence-corrected chi connectivity index (χ4v) is 1.51. The van der Waals surface area contributed by atoms with Crippen LogP contribution in [0.3, 0.4) is 0 Å². The van der Waals surface area contributed by atoms with Crippen LogP contribution in [0.25, 0.3) is 0 Å². The zero-order chi connectivity index (χ0) is 10.2. The van der Waals surface area contributed by atoms with Crippen LogP contribution in [-0.4, -0.2) is 13.6 Å². The molecule has 0 spiro atoms. The number of nitrogens with zero attached hydrogens (tertiary/aromatic N) is 1. The van der Waals surface area contributed by atoms with E-state index < -0.39 is 0 Å². The summed E-state index contributed by atoms with van der Waals surface area (Å²) in [5, 5.41) is 0. The fourth-order valence-electron chi connectivity index (χ4n) is 1.51. The molecule has 0 amide bonds. The summed E-state index contributed by atoms with van der Waals surface area (Å²) < 4.78 is 0. The lowest BCUT2D eigenvalue weighted by atomic mass is 10.2. The van der Waals surface area contributed by atoms with Crippen molar-refractivity contribution in [2.75, 3.05) is 18.5 Å². The number of unbranched alkanes of at least 4 members (excludes halogenated alkanes) is 3. The molecular weight excluding hydrogens is 170 g/mol. The molecule has 1 aromatic rings. The van der Waals surface area contributed by atoms with Gasteiger partial charge < -0.3 is 4.90 Å². The average Bonchev–Trinajstić information content (AvgIpc) is 2.25. The van der Waals surface area contributed by atoms with Gasteiger partial charge in [0.2, 0.25) is 0 Å². The smallest absolute Gasteiger partial charge is 0.0363 e. The molecule has 1 heteroatoms. The van der Waals surface area contributed by atoms with Crippen molar-refractivity contribution in [3.8, 4) is 0 Å². The van der Waals surface area contributed by atoms with Gasteiger partial charge >= 0.3 is 0 Å². The van der Waals surface area contributed by atoms with E-state index in [0.717, 1.165) is 13.0 Å². The van der Waals surface area contributed by atoms with Crippen molar-refractivity contribution in [1.82, 2.24) is 0 Å². The second-order valence-corrected chi connectivity index (χ2v) is 3.67. The Morgan fingerprint density at radius 2 is 1.79 bits per heavy atom. The first kappa shape index (κ1) is 11.1. The molecule has 0 aliphatic carbocycles. The topological polar surface area (TPSA) is 3.24 Å². The molecule has 0 saturated carbocycles. The normalized spacial score (nSPS) is 10.1. The number of benzene rings is 1. The van der Waals surface area contributed by atoms with Crippen LogP contribution in [0.1, 0.15) is 25.7 Å². The fraction of sp³-hybridized carbons (Fsp3) is 0.462. The number of rotatable bonds is 6. The SMILES string of the molecule is [CH2]CCCCCN(C)c1ccccc1. The van der Waals surface area contributed by atoms with E-state index in [1.165, 1.54) is 24.9 Å². The molecule has 1 rings (SSSR count). The Bertz CT molecular complexity index is 230. The van der Waals surface area contributed by atoms with Crippen LogP contribution in [-0.2, 0) is 0 Å². The third kappa shape index (κ3) is 3.82. The summed E-state index contributed by atoms with van der Waals surface area (Å²) in [6.45, 7) is 4.99. The predicted octanol–water partition coefficient (Wildman–Crippen LogP) is 3.52. The first-order valence-electron chi connectivity index (χ1n) is 5.40. The Hall–Kier alpha value is -0.980. The minimum atomic E-state index is 1.06. The summed E-state index contributed by atoms with van der Waals surface area (Å²) in [6.07, 6.45) is 4.87. The Morgan fingerprint density at radius 3 is 2.43 bits per heavy atom. The molecule has 1 aromatic carbocycles. The predicted molar refractivity (Wildman–Crippen MR) is 63.5 cm³/mol. The van der Waals surface area contributed by atoms with Crippen molar-refractivity contribution in [3.05, 3.63) is 37.3 Å². The van der Waals surface area contributed by atoms with Crippen LogP contribution in [0.5, 0.6) is 0 Å². The van der Waals surface area contributed by atoms with E-state index in [2.05, 4.69) is 49.2 Å². The largest absolute Gasteiger partial charge is 0.375 e. The monoisotopic (exact) mass is 190 g/mol. The van der Waals surface area contributed by atoms with E-state index >= 15 is 0 Å². The Morgan fingerprint density at radius 1 is 1.07 bits per heavy atom. The van der Waals surface area contributed by atoms with Gasteiger partial charge in [-0.1, -0.05) is 44.4 Å². The highest BCUT2D eigenvalue weighted by atomic mass is 15.1. The zero-order valence-electron chi connectivity index (χ0n) is 9.08. The maximum atomic E-state index is 3.85. The summed E-state index contributed by atoms with van der Waals surface area (Å²) >= 11 is 0. The molecular formula is C13H20N. The minimum Gasteiger partial charge on any atom is -0.375 e. The summed E-state index contributed by atoms with van der Waals surface area (Å²) in [7, 11) is 2.15. The molecule has 0 unspecified atom stereocenters. The van der Waals surface area contributed by atoms with Crippen LogP contribution in [0.15, 0.2) is 30.3 Å². The summed E-state index contributed by atoms with van der Waals surface area (Å²) in [5.74, 6) is 0. The van der Waals surface area contributed by atoms with E-state index in [-0.39, 0.29) is 0 Å². The molecule has 0 aliphatic heterocycles. The van der Waals surface area contributed by atoms with Gasteiger partial charge in [0.15, 0.2) is 0 Å². The van der Waals surface area contributed by atoms with E-state index in [1.54, 1.807) is 0 Å². The molecule has 0 N–H and O–H groups in total. The molecule has 0 atom stereocenters. The number of hydrogen-bond acceptors (Lipinski definition) is 1. The van der Waals surface area contributed by atoms with Crippen molar-refractivity contribution in [3.63, 3.8) is 0 Å². The highest BCUT2D eigenvalue weighted by molar-refractivity contribution is 5.44. The highest BCUT2D eigenvalue weighted by Crippen LogP contribution is 2.12. The molecule has 1 radical (unpaired) electrons. The van der Waals surface area contributed by atoms with Gasteiger partial charge in [-0.15, -0.1) is 0 Å². The minimum absolute atomic E-state index is 1.06. The third-order valence-corrected chi connectivity index (χ3v) is 2.44. The second-order valence-electron chi connectivity index (χ2n) is 3.67. The van der Waals surface area contributed by atoms with Gasteiger partial charge in [-0.25, -0.2) is 0 Å². The number of hydrogen-bond donors (Lipinski definition) is 0. The first-order chi connectivity index (χ1) is 6.84. The summed E-state index contributed by atoms with van der Waals surface area (Å²) in [5.41, 5.74) is 1.31. The molecule has 1 nitrogen and oxygen atoms in total. The van der Waals surface area contributed by atoms with E-state index in [1.807, 2.05) is 0 Å². The summed E-state index contributed by atoms with van der Waals surface area (Å²) in [6, 6.07) is 10.5. The Labute approximate surface area is 87.7 Å². The van der Waals surface area contributed by atoms with Gasteiger partial charge in [0.1, 0.15) is 0 Å². The lowest BCUT2D eigenvalue weighted by molar-refractivity contribution is 0.678. The molecule has 77 valence electrons. The Kier molecular flexibility index (Phi) is 5.13. The van der Waals surface area contributed by atoms with Crippen molar-refractivity contribution >= 4 is 5.69 Å². The molecule has 0 bridgehead atoms. The van der Waals surface area contributed by atoms with Crippen LogP contribution in [0.4, 0.5) is 5.69 Å². The molecule has 0 saturated heterocycles. The lowest BCUT2D eigenvalue weighted by Gasteiger charge is -2.18. The Balaban J connectivity index is 2.25. The molecule has 14 heavy (non-hydrogen) atoms. The third-order valence-electron chi connectivity index (χ3n) is 2.44. The summed E-state index contributed by atoms with van der Waals surface area (Å²) in [4.78, 5) is 2.31.